The van der Waals surface area contributed by atoms with Crippen molar-refractivity contribution in [3.8, 4) is 0 Å². The molecule has 2 N–H and O–H groups in total. The highest BCUT2D eigenvalue weighted by Crippen LogP contribution is 2.02. The Balaban J connectivity index is 2.13. The Morgan fingerprint density at radius 2 is 1.69 bits per heavy atom. The molecule has 0 aromatic carbocycles. The Labute approximate surface area is 99.6 Å². The number of β-amino-alcohol motifs (C(OH)–C–C–N with tert-alkyl or cyclic N) is 1. The Hall–Kier alpha value is -0.160. The molecule has 1 aliphatic heterocycles. The standard InChI is InChI=1S/C12H27N3O/c1-4-14-5-7-15(8-6-14)10-12(16)9-13-11(2)3/h11-13,16H,4-10H2,1-3H3. The number of hydrogen-bond donors (Lipinski definition) is 2. The van der Waals surface area contributed by atoms with Crippen LogP contribution in [0.5, 0.6) is 0 Å². The fourth-order valence-electron chi connectivity index (χ4n) is 2.02. The minimum absolute atomic E-state index is 0.240. The van der Waals surface area contributed by atoms with Crippen LogP contribution in [0.25, 0.3) is 0 Å². The summed E-state index contributed by atoms with van der Waals surface area (Å²) in [6, 6.07) is 0.451. The first kappa shape index (κ1) is 13.9. The van der Waals surface area contributed by atoms with Gasteiger partial charge in [-0.2, -0.15) is 0 Å². The van der Waals surface area contributed by atoms with Crippen LogP contribution in [0.15, 0.2) is 0 Å². The summed E-state index contributed by atoms with van der Waals surface area (Å²) in [5, 5.41) is 13.1. The summed E-state index contributed by atoms with van der Waals surface area (Å²) < 4.78 is 0. The fraction of sp³-hybridized carbons (Fsp3) is 1.00. The summed E-state index contributed by atoms with van der Waals surface area (Å²) in [6.45, 7) is 13.5. The van der Waals surface area contributed by atoms with Crippen LogP contribution in [-0.2, 0) is 0 Å². The van der Waals surface area contributed by atoms with Gasteiger partial charge in [-0.3, -0.25) is 4.90 Å². The van der Waals surface area contributed by atoms with E-state index >= 15 is 0 Å². The maximum atomic E-state index is 9.86. The van der Waals surface area contributed by atoms with Crippen LogP contribution >= 0.6 is 0 Å². The lowest BCUT2D eigenvalue weighted by Gasteiger charge is -2.35. The smallest absolute Gasteiger partial charge is 0.0791 e. The van der Waals surface area contributed by atoms with E-state index in [9.17, 15) is 5.11 Å². The minimum atomic E-state index is -0.240. The van der Waals surface area contributed by atoms with E-state index in [1.807, 2.05) is 0 Å². The van der Waals surface area contributed by atoms with Crippen molar-refractivity contribution >= 4 is 0 Å². The number of nitrogens with zero attached hydrogens (tertiary/aromatic N) is 2. The summed E-state index contributed by atoms with van der Waals surface area (Å²) in [4.78, 5) is 4.81. The van der Waals surface area contributed by atoms with E-state index in [-0.39, 0.29) is 6.10 Å². The third-order valence-corrected chi connectivity index (χ3v) is 3.14. The number of likely N-dealkylation sites (N-methyl/N-ethyl adjacent to an activating group) is 1. The molecular formula is C12H27N3O. The van der Waals surface area contributed by atoms with E-state index in [2.05, 4.69) is 35.9 Å². The molecular weight excluding hydrogens is 202 g/mol. The molecule has 16 heavy (non-hydrogen) atoms. The van der Waals surface area contributed by atoms with Gasteiger partial charge in [-0.05, 0) is 6.54 Å². The second-order valence-electron chi connectivity index (χ2n) is 4.95. The minimum Gasteiger partial charge on any atom is -0.390 e. The van der Waals surface area contributed by atoms with Gasteiger partial charge in [-0.15, -0.1) is 0 Å². The Kier molecular flexibility index (Phi) is 6.28. The van der Waals surface area contributed by atoms with Crippen molar-refractivity contribution in [1.29, 1.82) is 0 Å². The van der Waals surface area contributed by atoms with Gasteiger partial charge in [0.1, 0.15) is 0 Å². The summed E-state index contributed by atoms with van der Waals surface area (Å²) in [6.07, 6.45) is -0.240. The van der Waals surface area contributed by atoms with Gasteiger partial charge in [0.25, 0.3) is 0 Å². The average Bonchev–Trinajstić information content (AvgIpc) is 2.27. The van der Waals surface area contributed by atoms with Crippen LogP contribution in [0, 0.1) is 0 Å². The zero-order valence-electron chi connectivity index (χ0n) is 10.9. The van der Waals surface area contributed by atoms with Gasteiger partial charge in [-0.1, -0.05) is 20.8 Å². The molecule has 0 spiro atoms. The number of hydrogen-bond acceptors (Lipinski definition) is 4. The van der Waals surface area contributed by atoms with E-state index in [0.717, 1.165) is 39.3 Å². The third-order valence-electron chi connectivity index (χ3n) is 3.14. The molecule has 0 bridgehead atoms. The van der Waals surface area contributed by atoms with Gasteiger partial charge >= 0.3 is 0 Å². The quantitative estimate of drug-likeness (QED) is 0.671. The Morgan fingerprint density at radius 3 is 2.19 bits per heavy atom. The monoisotopic (exact) mass is 229 g/mol. The predicted octanol–water partition coefficient (Wildman–Crippen LogP) is -0.0172. The van der Waals surface area contributed by atoms with Crippen molar-refractivity contribution in [3.63, 3.8) is 0 Å². The van der Waals surface area contributed by atoms with Gasteiger partial charge < -0.3 is 15.3 Å². The number of aliphatic hydroxyl groups excluding tert-OH is 1. The summed E-state index contributed by atoms with van der Waals surface area (Å²) >= 11 is 0. The van der Waals surface area contributed by atoms with Crippen LogP contribution in [0.1, 0.15) is 20.8 Å². The van der Waals surface area contributed by atoms with Crippen LogP contribution < -0.4 is 5.32 Å². The van der Waals surface area contributed by atoms with E-state index in [4.69, 9.17) is 0 Å². The SMILES string of the molecule is CCN1CCN(CC(O)CNC(C)C)CC1. The molecule has 4 nitrogen and oxygen atoms in total. The molecule has 0 amide bonds. The second-order valence-corrected chi connectivity index (χ2v) is 4.95. The van der Waals surface area contributed by atoms with E-state index in [1.165, 1.54) is 0 Å². The molecule has 96 valence electrons. The second kappa shape index (κ2) is 7.22. The molecule has 1 atom stereocenters. The maximum Gasteiger partial charge on any atom is 0.0791 e. The molecule has 1 unspecified atom stereocenters. The van der Waals surface area contributed by atoms with E-state index in [0.29, 0.717) is 12.6 Å². The summed E-state index contributed by atoms with van der Waals surface area (Å²) in [7, 11) is 0. The Morgan fingerprint density at radius 1 is 1.12 bits per heavy atom. The maximum absolute atomic E-state index is 9.86. The van der Waals surface area contributed by atoms with Crippen LogP contribution in [-0.4, -0.2) is 72.9 Å². The summed E-state index contributed by atoms with van der Waals surface area (Å²) in [5.41, 5.74) is 0. The van der Waals surface area contributed by atoms with Crippen molar-refractivity contribution in [2.75, 3.05) is 45.8 Å². The first-order chi connectivity index (χ1) is 7.61. The zero-order chi connectivity index (χ0) is 12.0. The molecule has 1 aliphatic rings. The van der Waals surface area contributed by atoms with Crippen molar-refractivity contribution in [2.45, 2.75) is 32.9 Å². The molecule has 1 rings (SSSR count). The first-order valence-corrected chi connectivity index (χ1v) is 6.48. The van der Waals surface area contributed by atoms with E-state index in [1.54, 1.807) is 0 Å². The van der Waals surface area contributed by atoms with Gasteiger partial charge in [0, 0.05) is 45.3 Å². The number of aliphatic hydroxyl groups is 1. The number of piperazine rings is 1. The van der Waals surface area contributed by atoms with Crippen molar-refractivity contribution in [2.24, 2.45) is 0 Å². The highest BCUT2D eigenvalue weighted by molar-refractivity contribution is 4.74. The predicted molar refractivity (Wildman–Crippen MR) is 67.7 cm³/mol. The van der Waals surface area contributed by atoms with Crippen LogP contribution in [0.3, 0.4) is 0 Å². The van der Waals surface area contributed by atoms with Crippen molar-refractivity contribution in [3.05, 3.63) is 0 Å². The lowest BCUT2D eigenvalue weighted by Crippen LogP contribution is -2.49. The zero-order valence-corrected chi connectivity index (χ0v) is 10.9. The van der Waals surface area contributed by atoms with Crippen molar-refractivity contribution in [1.82, 2.24) is 15.1 Å². The number of rotatable bonds is 6. The van der Waals surface area contributed by atoms with Crippen LogP contribution in [0.4, 0.5) is 0 Å². The first-order valence-electron chi connectivity index (χ1n) is 6.48. The lowest BCUT2D eigenvalue weighted by atomic mass is 10.2. The number of nitrogens with one attached hydrogen (secondary N) is 1. The van der Waals surface area contributed by atoms with E-state index < -0.39 is 0 Å². The molecule has 1 heterocycles. The topological polar surface area (TPSA) is 38.7 Å². The fourth-order valence-corrected chi connectivity index (χ4v) is 2.02. The molecule has 0 aliphatic carbocycles. The average molecular weight is 229 g/mol. The Bertz CT molecular complexity index is 179. The molecule has 4 heteroatoms. The third kappa shape index (κ3) is 5.25. The largest absolute Gasteiger partial charge is 0.390 e. The van der Waals surface area contributed by atoms with Gasteiger partial charge in [0.2, 0.25) is 0 Å². The van der Waals surface area contributed by atoms with Gasteiger partial charge in [0.15, 0.2) is 0 Å². The highest BCUT2D eigenvalue weighted by Gasteiger charge is 2.17. The summed E-state index contributed by atoms with van der Waals surface area (Å²) in [5.74, 6) is 0. The molecule has 1 saturated heterocycles. The molecule has 0 saturated carbocycles. The molecule has 0 aromatic heterocycles. The molecule has 0 aromatic rings. The van der Waals surface area contributed by atoms with Gasteiger partial charge in [-0.25, -0.2) is 0 Å². The van der Waals surface area contributed by atoms with Crippen LogP contribution in [0.2, 0.25) is 0 Å². The molecule has 1 fully saturated rings. The molecule has 0 radical (unpaired) electrons. The van der Waals surface area contributed by atoms with Gasteiger partial charge in [0.05, 0.1) is 6.10 Å². The normalized spacial score (nSPS) is 21.6. The lowest BCUT2D eigenvalue weighted by molar-refractivity contribution is 0.0733. The van der Waals surface area contributed by atoms with Crippen molar-refractivity contribution < 1.29 is 5.11 Å². The highest BCUT2D eigenvalue weighted by atomic mass is 16.3.